The van der Waals surface area contributed by atoms with E-state index in [-0.39, 0.29) is 0 Å². The van der Waals surface area contributed by atoms with Crippen LogP contribution in [0.5, 0.6) is 0 Å². The standard InChI is InChI=1S/C52H34N2S/c1-2-13-35(14-3-1)36-25-28-39(29-26-36)53(40-30-32-46-45-20-8-11-24-51(45)55-52(46)34-40)47-21-9-6-18-42(47)38-27-31-44-43-19-7-10-22-49(43)54(50(44)33-38)48-23-12-16-37-15-4-5-17-41(37)48/h1-34H. The summed E-state index contributed by atoms with van der Waals surface area (Å²) in [6.45, 7) is 0. The molecule has 2 nitrogen and oxygen atoms in total. The number of rotatable bonds is 6. The van der Waals surface area contributed by atoms with Crippen LogP contribution in [0.3, 0.4) is 0 Å². The zero-order valence-electron chi connectivity index (χ0n) is 29.9. The number of benzene rings is 9. The van der Waals surface area contributed by atoms with Gasteiger partial charge in [0.1, 0.15) is 0 Å². The van der Waals surface area contributed by atoms with E-state index in [9.17, 15) is 0 Å². The van der Waals surface area contributed by atoms with Crippen molar-refractivity contribution in [1.82, 2.24) is 4.57 Å². The summed E-state index contributed by atoms with van der Waals surface area (Å²) in [7, 11) is 0. The third-order valence-corrected chi connectivity index (χ3v) is 12.1. The Hall–Kier alpha value is -6.94. The van der Waals surface area contributed by atoms with E-state index in [2.05, 4.69) is 216 Å². The molecule has 55 heavy (non-hydrogen) atoms. The molecule has 2 aromatic heterocycles. The second-order valence-electron chi connectivity index (χ2n) is 14.1. The van der Waals surface area contributed by atoms with Gasteiger partial charge >= 0.3 is 0 Å². The highest BCUT2D eigenvalue weighted by Crippen LogP contribution is 2.45. The summed E-state index contributed by atoms with van der Waals surface area (Å²) in [4.78, 5) is 2.43. The minimum absolute atomic E-state index is 1.11. The van der Waals surface area contributed by atoms with Crippen LogP contribution in [0.1, 0.15) is 0 Å². The molecule has 0 bridgehead atoms. The number of fused-ring (bicyclic) bond motifs is 7. The lowest BCUT2D eigenvalue weighted by atomic mass is 9.99. The van der Waals surface area contributed by atoms with Gasteiger partial charge < -0.3 is 9.47 Å². The van der Waals surface area contributed by atoms with Crippen molar-refractivity contribution in [3.8, 4) is 27.9 Å². The van der Waals surface area contributed by atoms with Gasteiger partial charge in [-0.15, -0.1) is 11.3 Å². The minimum atomic E-state index is 1.11. The van der Waals surface area contributed by atoms with Gasteiger partial charge in [0.2, 0.25) is 0 Å². The number of para-hydroxylation sites is 2. The number of hydrogen-bond acceptors (Lipinski definition) is 2. The summed E-state index contributed by atoms with van der Waals surface area (Å²) in [5, 5.41) is 7.57. The number of thiophene rings is 1. The quantitative estimate of drug-likeness (QED) is 0.166. The molecular weight excluding hydrogens is 685 g/mol. The molecule has 9 aromatic carbocycles. The molecule has 0 fully saturated rings. The topological polar surface area (TPSA) is 8.17 Å². The van der Waals surface area contributed by atoms with Crippen LogP contribution in [0, 0.1) is 0 Å². The Bertz CT molecular complexity index is 3200. The van der Waals surface area contributed by atoms with Gasteiger partial charge in [0.25, 0.3) is 0 Å². The first-order valence-corrected chi connectivity index (χ1v) is 19.6. The van der Waals surface area contributed by atoms with Gasteiger partial charge in [0.15, 0.2) is 0 Å². The van der Waals surface area contributed by atoms with E-state index in [1.54, 1.807) is 0 Å². The Morgan fingerprint density at radius 3 is 1.87 bits per heavy atom. The Balaban J connectivity index is 1.13. The highest BCUT2D eigenvalue weighted by atomic mass is 32.1. The largest absolute Gasteiger partial charge is 0.310 e. The van der Waals surface area contributed by atoms with Crippen LogP contribution in [0.15, 0.2) is 206 Å². The first kappa shape index (κ1) is 31.6. The van der Waals surface area contributed by atoms with Crippen molar-refractivity contribution in [3.05, 3.63) is 206 Å². The predicted molar refractivity (Wildman–Crippen MR) is 237 cm³/mol. The minimum Gasteiger partial charge on any atom is -0.310 e. The van der Waals surface area contributed by atoms with E-state index in [1.165, 1.54) is 80.7 Å². The molecule has 0 spiro atoms. The molecule has 3 heteroatoms. The Labute approximate surface area is 323 Å². The number of aromatic nitrogens is 1. The molecule has 258 valence electrons. The molecule has 0 aliphatic rings. The Morgan fingerprint density at radius 2 is 0.982 bits per heavy atom. The van der Waals surface area contributed by atoms with E-state index >= 15 is 0 Å². The second-order valence-corrected chi connectivity index (χ2v) is 15.2. The van der Waals surface area contributed by atoms with E-state index < -0.39 is 0 Å². The maximum absolute atomic E-state index is 2.45. The van der Waals surface area contributed by atoms with Gasteiger partial charge in [0, 0.05) is 53.3 Å². The summed E-state index contributed by atoms with van der Waals surface area (Å²) in [6, 6.07) is 75.2. The summed E-state index contributed by atoms with van der Waals surface area (Å²) < 4.78 is 5.04. The number of hydrogen-bond donors (Lipinski definition) is 0. The fraction of sp³-hybridized carbons (Fsp3) is 0. The molecular formula is C52H34N2S. The maximum Gasteiger partial charge on any atom is 0.0547 e. The fourth-order valence-electron chi connectivity index (χ4n) is 8.43. The zero-order valence-corrected chi connectivity index (χ0v) is 30.7. The van der Waals surface area contributed by atoms with Gasteiger partial charge in [-0.1, -0.05) is 152 Å². The molecule has 0 aliphatic heterocycles. The van der Waals surface area contributed by atoms with E-state index in [4.69, 9.17) is 0 Å². The molecule has 0 amide bonds. The first-order chi connectivity index (χ1) is 27.3. The summed E-state index contributed by atoms with van der Waals surface area (Å²) in [6.07, 6.45) is 0. The third kappa shape index (κ3) is 5.24. The maximum atomic E-state index is 2.45. The van der Waals surface area contributed by atoms with Crippen molar-refractivity contribution in [2.45, 2.75) is 0 Å². The molecule has 11 aromatic rings. The first-order valence-electron chi connectivity index (χ1n) is 18.8. The molecule has 0 radical (unpaired) electrons. The third-order valence-electron chi connectivity index (χ3n) is 11.0. The second kappa shape index (κ2) is 12.9. The highest BCUT2D eigenvalue weighted by molar-refractivity contribution is 7.25. The molecule has 0 unspecified atom stereocenters. The van der Waals surface area contributed by atoms with Crippen LogP contribution in [0.25, 0.3) is 80.7 Å². The van der Waals surface area contributed by atoms with Crippen molar-refractivity contribution < 1.29 is 0 Å². The van der Waals surface area contributed by atoms with Crippen LogP contribution in [0.2, 0.25) is 0 Å². The van der Waals surface area contributed by atoms with Crippen LogP contribution >= 0.6 is 11.3 Å². The summed E-state index contributed by atoms with van der Waals surface area (Å²) >= 11 is 1.86. The summed E-state index contributed by atoms with van der Waals surface area (Å²) in [5.41, 5.74) is 11.7. The average molecular weight is 719 g/mol. The molecule has 2 heterocycles. The van der Waals surface area contributed by atoms with Crippen molar-refractivity contribution in [1.29, 1.82) is 0 Å². The van der Waals surface area contributed by atoms with Gasteiger partial charge in [0.05, 0.1) is 22.4 Å². The SMILES string of the molecule is c1ccc(-c2ccc(N(c3ccc4c(c3)sc3ccccc34)c3ccccc3-c3ccc4c5ccccc5n(-c5cccc6ccccc56)c4c3)cc2)cc1. The van der Waals surface area contributed by atoms with Crippen molar-refractivity contribution in [2.24, 2.45) is 0 Å². The Morgan fingerprint density at radius 1 is 0.364 bits per heavy atom. The normalized spacial score (nSPS) is 11.6. The van der Waals surface area contributed by atoms with E-state index in [1.807, 2.05) is 11.3 Å². The lowest BCUT2D eigenvalue weighted by molar-refractivity contribution is 1.20. The molecule has 0 saturated carbocycles. The lowest BCUT2D eigenvalue weighted by Gasteiger charge is -2.28. The summed E-state index contributed by atoms with van der Waals surface area (Å²) in [5.74, 6) is 0. The lowest BCUT2D eigenvalue weighted by Crippen LogP contribution is -2.11. The van der Waals surface area contributed by atoms with E-state index in [0.29, 0.717) is 0 Å². The smallest absolute Gasteiger partial charge is 0.0547 e. The van der Waals surface area contributed by atoms with Gasteiger partial charge in [-0.3, -0.25) is 0 Å². The van der Waals surface area contributed by atoms with Crippen LogP contribution in [0.4, 0.5) is 17.1 Å². The van der Waals surface area contributed by atoms with Gasteiger partial charge in [-0.25, -0.2) is 0 Å². The van der Waals surface area contributed by atoms with Crippen LogP contribution < -0.4 is 4.90 Å². The molecule has 11 rings (SSSR count). The molecule has 0 aliphatic carbocycles. The van der Waals surface area contributed by atoms with Crippen molar-refractivity contribution in [3.63, 3.8) is 0 Å². The molecule has 0 saturated heterocycles. The predicted octanol–water partition coefficient (Wildman–Crippen LogP) is 15.1. The van der Waals surface area contributed by atoms with E-state index in [0.717, 1.165) is 17.1 Å². The van der Waals surface area contributed by atoms with Gasteiger partial charge in [-0.2, -0.15) is 0 Å². The number of anilines is 3. The van der Waals surface area contributed by atoms with Crippen LogP contribution in [-0.4, -0.2) is 4.57 Å². The number of nitrogens with zero attached hydrogens (tertiary/aromatic N) is 2. The Kier molecular flexibility index (Phi) is 7.39. The molecule has 0 atom stereocenters. The fourth-order valence-corrected chi connectivity index (χ4v) is 9.57. The average Bonchev–Trinajstić information content (AvgIpc) is 3.79. The van der Waals surface area contributed by atoms with Gasteiger partial charge in [-0.05, 0) is 76.7 Å². The highest BCUT2D eigenvalue weighted by Gasteiger charge is 2.20. The zero-order chi connectivity index (χ0) is 36.3. The van der Waals surface area contributed by atoms with Crippen molar-refractivity contribution >= 4 is 81.1 Å². The van der Waals surface area contributed by atoms with Crippen molar-refractivity contribution in [2.75, 3.05) is 4.90 Å². The molecule has 0 N–H and O–H groups in total. The monoisotopic (exact) mass is 718 g/mol. The van der Waals surface area contributed by atoms with Crippen LogP contribution in [-0.2, 0) is 0 Å².